The van der Waals surface area contributed by atoms with Crippen LogP contribution in [0.3, 0.4) is 0 Å². The molecule has 1 amide bonds. The number of amides is 1. The minimum atomic E-state index is -0.784. The molecule has 1 aliphatic rings. The van der Waals surface area contributed by atoms with Gasteiger partial charge in [0.05, 0.1) is 29.1 Å². The average Bonchev–Trinajstić information content (AvgIpc) is 3.34. The number of rotatable bonds is 7. The van der Waals surface area contributed by atoms with Crippen LogP contribution in [0.25, 0.3) is 22.0 Å². The van der Waals surface area contributed by atoms with Gasteiger partial charge in [0.15, 0.2) is 0 Å². The van der Waals surface area contributed by atoms with Crippen molar-refractivity contribution in [3.63, 3.8) is 0 Å². The molecule has 0 unspecified atom stereocenters. The van der Waals surface area contributed by atoms with Crippen LogP contribution in [0, 0.1) is 11.7 Å². The number of halogens is 2. The number of hydrogen-bond acceptors (Lipinski definition) is 3. The molecule has 38 heavy (non-hydrogen) atoms. The quantitative estimate of drug-likeness (QED) is 0.282. The van der Waals surface area contributed by atoms with Crippen LogP contribution < -0.4 is 10.1 Å². The molecule has 4 aromatic rings. The summed E-state index contributed by atoms with van der Waals surface area (Å²) < 4.78 is 21.8. The summed E-state index contributed by atoms with van der Waals surface area (Å²) >= 11 is 6.28. The van der Waals surface area contributed by atoms with Crippen LogP contribution in [0.5, 0.6) is 5.75 Å². The lowest BCUT2D eigenvalue weighted by atomic mass is 9.86. The summed E-state index contributed by atoms with van der Waals surface area (Å²) in [5, 5.41) is 13.2. The van der Waals surface area contributed by atoms with Crippen molar-refractivity contribution in [1.82, 2.24) is 9.88 Å². The first-order valence-corrected chi connectivity index (χ1v) is 13.0. The van der Waals surface area contributed by atoms with E-state index >= 15 is 0 Å². The molecule has 1 aromatic heterocycles. The summed E-state index contributed by atoms with van der Waals surface area (Å²) in [5.74, 6) is -1.18. The van der Waals surface area contributed by atoms with E-state index in [0.29, 0.717) is 59.5 Å². The van der Waals surface area contributed by atoms with Gasteiger partial charge in [-0.2, -0.15) is 0 Å². The maximum Gasteiger partial charge on any atom is 0.306 e. The van der Waals surface area contributed by atoms with Gasteiger partial charge < -0.3 is 19.7 Å². The van der Waals surface area contributed by atoms with Crippen molar-refractivity contribution < 1.29 is 23.8 Å². The van der Waals surface area contributed by atoms with E-state index in [-0.39, 0.29) is 23.7 Å². The van der Waals surface area contributed by atoms with Gasteiger partial charge in [0.2, 0.25) is 0 Å². The molecule has 1 aliphatic carbocycles. The first kappa shape index (κ1) is 25.8. The van der Waals surface area contributed by atoms with Crippen LogP contribution in [0.2, 0.25) is 5.02 Å². The van der Waals surface area contributed by atoms with E-state index in [4.69, 9.17) is 16.3 Å². The number of hydrogen-bond donors (Lipinski definition) is 2. The van der Waals surface area contributed by atoms with Crippen molar-refractivity contribution in [2.75, 3.05) is 7.11 Å². The molecule has 0 aliphatic heterocycles. The molecule has 3 aromatic carbocycles. The van der Waals surface area contributed by atoms with Gasteiger partial charge in [0.1, 0.15) is 11.6 Å². The monoisotopic (exact) mass is 534 g/mol. The van der Waals surface area contributed by atoms with E-state index in [2.05, 4.69) is 5.32 Å². The van der Waals surface area contributed by atoms with E-state index in [1.165, 1.54) is 12.1 Å². The molecule has 2 N–H and O–H groups in total. The summed E-state index contributed by atoms with van der Waals surface area (Å²) in [6.07, 6.45) is 4.09. The van der Waals surface area contributed by atoms with E-state index in [1.807, 2.05) is 47.0 Å². The zero-order chi connectivity index (χ0) is 26.8. The smallest absolute Gasteiger partial charge is 0.306 e. The Bertz CT molecular complexity index is 1490. The molecule has 196 valence electrons. The maximum absolute atomic E-state index is 14.7. The van der Waals surface area contributed by atoms with E-state index in [9.17, 15) is 19.1 Å². The predicted molar refractivity (Wildman–Crippen MR) is 145 cm³/mol. The number of nitrogens with zero attached hydrogens (tertiary/aromatic N) is 1. The van der Waals surface area contributed by atoms with Gasteiger partial charge in [0, 0.05) is 24.2 Å². The van der Waals surface area contributed by atoms with E-state index in [0.717, 1.165) is 16.7 Å². The lowest BCUT2D eigenvalue weighted by molar-refractivity contribution is -0.142. The second-order valence-electron chi connectivity index (χ2n) is 9.71. The number of aliphatic carboxylic acids is 1. The predicted octanol–water partition coefficient (Wildman–Crippen LogP) is 6.53. The van der Waals surface area contributed by atoms with Crippen LogP contribution in [-0.2, 0) is 11.3 Å². The summed E-state index contributed by atoms with van der Waals surface area (Å²) in [6.45, 7) is 0.459. The summed E-state index contributed by atoms with van der Waals surface area (Å²) in [5.41, 5.74) is 3.89. The third-order valence-electron chi connectivity index (χ3n) is 7.32. The summed E-state index contributed by atoms with van der Waals surface area (Å²) in [4.78, 5) is 24.5. The number of carbonyl (C=O) groups excluding carboxylic acids is 1. The Balaban J connectivity index is 1.36. The highest BCUT2D eigenvalue weighted by Gasteiger charge is 2.27. The first-order valence-electron chi connectivity index (χ1n) is 12.6. The van der Waals surface area contributed by atoms with Crippen LogP contribution >= 0.6 is 11.6 Å². The molecule has 0 spiro atoms. The minimum Gasteiger partial charge on any atom is -0.495 e. The highest BCUT2D eigenvalue weighted by Crippen LogP contribution is 2.31. The average molecular weight is 535 g/mol. The molecule has 1 heterocycles. The number of carboxylic acids is 1. The summed E-state index contributed by atoms with van der Waals surface area (Å²) in [6, 6.07) is 18.1. The Morgan fingerprint density at radius 3 is 2.39 bits per heavy atom. The molecular weight excluding hydrogens is 507 g/mol. The minimum absolute atomic E-state index is 0.0967. The third-order valence-corrected chi connectivity index (χ3v) is 7.62. The SMILES string of the molecule is COc1ccc(-c2ccc(Cn3ccc4c(F)ccc(C(=O)NC5CCC(C(=O)O)CC5)c43)cc2)cc1Cl. The van der Waals surface area contributed by atoms with Gasteiger partial charge in [-0.15, -0.1) is 0 Å². The van der Waals surface area contributed by atoms with Crippen LogP contribution in [0.15, 0.2) is 66.9 Å². The fourth-order valence-electron chi connectivity index (χ4n) is 5.20. The number of carbonyl (C=O) groups is 2. The molecule has 0 radical (unpaired) electrons. The van der Waals surface area contributed by atoms with Crippen molar-refractivity contribution in [3.05, 3.63) is 88.8 Å². The summed E-state index contributed by atoms with van der Waals surface area (Å²) in [7, 11) is 1.58. The van der Waals surface area contributed by atoms with Crippen molar-refractivity contribution in [2.24, 2.45) is 5.92 Å². The Labute approximate surface area is 225 Å². The Morgan fingerprint density at radius 1 is 1.03 bits per heavy atom. The number of methoxy groups -OCH3 is 1. The lowest BCUT2D eigenvalue weighted by Crippen LogP contribution is -2.38. The van der Waals surface area contributed by atoms with Crippen molar-refractivity contribution in [1.29, 1.82) is 0 Å². The van der Waals surface area contributed by atoms with Crippen LogP contribution in [0.1, 0.15) is 41.6 Å². The highest BCUT2D eigenvalue weighted by molar-refractivity contribution is 6.32. The van der Waals surface area contributed by atoms with Crippen molar-refractivity contribution in [3.8, 4) is 16.9 Å². The Morgan fingerprint density at radius 2 is 1.74 bits per heavy atom. The molecule has 5 rings (SSSR count). The van der Waals surface area contributed by atoms with Gasteiger partial charge in [-0.05, 0) is 72.7 Å². The number of ether oxygens (including phenoxy) is 1. The molecule has 8 heteroatoms. The van der Waals surface area contributed by atoms with Gasteiger partial charge in [-0.1, -0.05) is 41.9 Å². The fourth-order valence-corrected chi connectivity index (χ4v) is 5.46. The number of benzene rings is 3. The number of aromatic nitrogens is 1. The fraction of sp³-hybridized carbons (Fsp3) is 0.267. The van der Waals surface area contributed by atoms with Crippen molar-refractivity contribution in [2.45, 2.75) is 38.3 Å². The first-order chi connectivity index (χ1) is 18.3. The molecule has 0 bridgehead atoms. The molecule has 0 atom stereocenters. The molecule has 6 nitrogen and oxygen atoms in total. The second-order valence-corrected chi connectivity index (χ2v) is 10.1. The zero-order valence-corrected chi connectivity index (χ0v) is 21.7. The normalized spacial score (nSPS) is 17.3. The highest BCUT2D eigenvalue weighted by atomic mass is 35.5. The Kier molecular flexibility index (Phi) is 7.38. The van der Waals surface area contributed by atoms with Crippen LogP contribution in [0.4, 0.5) is 4.39 Å². The maximum atomic E-state index is 14.7. The van der Waals surface area contributed by atoms with E-state index in [1.54, 1.807) is 19.4 Å². The lowest BCUT2D eigenvalue weighted by Gasteiger charge is -2.27. The van der Waals surface area contributed by atoms with Crippen molar-refractivity contribution >= 4 is 34.4 Å². The number of fused-ring (bicyclic) bond motifs is 1. The Hall–Kier alpha value is -3.84. The van der Waals surface area contributed by atoms with E-state index < -0.39 is 5.97 Å². The van der Waals surface area contributed by atoms with Gasteiger partial charge in [-0.3, -0.25) is 9.59 Å². The number of nitrogens with one attached hydrogen (secondary N) is 1. The van der Waals surface area contributed by atoms with Crippen LogP contribution in [-0.4, -0.2) is 34.7 Å². The topological polar surface area (TPSA) is 80.6 Å². The molecule has 0 saturated heterocycles. The largest absolute Gasteiger partial charge is 0.495 e. The van der Waals surface area contributed by atoms with Gasteiger partial charge in [0.25, 0.3) is 5.91 Å². The zero-order valence-electron chi connectivity index (χ0n) is 20.9. The molecular formula is C30H28ClFN2O4. The standard InChI is InChI=1S/C30H28ClFN2O4/c1-38-27-13-8-21(16-25(27)31)19-4-2-18(3-5-19)17-34-15-14-23-26(32)12-11-24(28(23)34)29(35)33-22-9-6-20(7-10-22)30(36)37/h2-5,8,11-16,20,22H,6-7,9-10,17H2,1H3,(H,33,35)(H,36,37). The van der Waals surface area contributed by atoms with Gasteiger partial charge >= 0.3 is 5.97 Å². The van der Waals surface area contributed by atoms with Gasteiger partial charge in [-0.25, -0.2) is 4.39 Å². The number of carboxylic acid groups (broad SMARTS) is 1. The third kappa shape index (κ3) is 5.24. The molecule has 1 saturated carbocycles. The molecule has 1 fully saturated rings. The second kappa shape index (κ2) is 10.9.